The molecule has 68 valence electrons. The zero-order valence-corrected chi connectivity index (χ0v) is 7.80. The quantitative estimate of drug-likeness (QED) is 0.601. The molecular formula is C10H16O2. The van der Waals surface area contributed by atoms with E-state index >= 15 is 0 Å². The van der Waals surface area contributed by atoms with Crippen molar-refractivity contribution in [2.75, 3.05) is 0 Å². The highest BCUT2D eigenvalue weighted by molar-refractivity contribution is 6.02. The molecule has 1 fully saturated rings. The Balaban J connectivity index is 2.52. The van der Waals surface area contributed by atoms with Crippen molar-refractivity contribution < 1.29 is 9.59 Å². The van der Waals surface area contributed by atoms with Crippen LogP contribution in [0.25, 0.3) is 0 Å². The molecule has 12 heavy (non-hydrogen) atoms. The van der Waals surface area contributed by atoms with Crippen LogP contribution in [0.4, 0.5) is 0 Å². The molecular weight excluding hydrogens is 152 g/mol. The minimum atomic E-state index is -0.310. The highest BCUT2D eigenvalue weighted by Gasteiger charge is 2.32. The summed E-state index contributed by atoms with van der Waals surface area (Å²) in [4.78, 5) is 22.6. The maximum atomic E-state index is 11.6. The number of carbonyl (C=O) groups excluding carboxylic acids is 2. The van der Waals surface area contributed by atoms with E-state index in [1.54, 1.807) is 0 Å². The van der Waals surface area contributed by atoms with Gasteiger partial charge in [-0.1, -0.05) is 13.3 Å². The van der Waals surface area contributed by atoms with Crippen LogP contribution in [-0.2, 0) is 9.59 Å². The Labute approximate surface area is 73.3 Å². The van der Waals surface area contributed by atoms with Gasteiger partial charge in [-0.05, 0) is 26.2 Å². The van der Waals surface area contributed by atoms with Crippen molar-refractivity contribution in [3.8, 4) is 0 Å². The van der Waals surface area contributed by atoms with Crippen molar-refractivity contribution in [1.82, 2.24) is 0 Å². The van der Waals surface area contributed by atoms with Gasteiger partial charge in [-0.2, -0.15) is 0 Å². The van der Waals surface area contributed by atoms with E-state index in [4.69, 9.17) is 0 Å². The predicted octanol–water partition coefficient (Wildman–Crippen LogP) is 1.97. The van der Waals surface area contributed by atoms with Gasteiger partial charge in [-0.3, -0.25) is 9.59 Å². The molecule has 1 saturated carbocycles. The van der Waals surface area contributed by atoms with E-state index in [1.165, 1.54) is 6.92 Å². The van der Waals surface area contributed by atoms with E-state index < -0.39 is 0 Å². The first kappa shape index (κ1) is 9.43. The van der Waals surface area contributed by atoms with E-state index in [-0.39, 0.29) is 23.4 Å². The summed E-state index contributed by atoms with van der Waals surface area (Å²) in [5, 5.41) is 0. The van der Waals surface area contributed by atoms with Gasteiger partial charge in [0.2, 0.25) is 0 Å². The topological polar surface area (TPSA) is 34.1 Å². The van der Waals surface area contributed by atoms with Gasteiger partial charge >= 0.3 is 0 Å². The van der Waals surface area contributed by atoms with E-state index in [0.717, 1.165) is 19.3 Å². The molecule has 0 heterocycles. The average Bonchev–Trinajstić information content (AvgIpc) is 1.83. The maximum absolute atomic E-state index is 11.6. The Bertz CT molecular complexity index is 192. The summed E-state index contributed by atoms with van der Waals surface area (Å²) >= 11 is 0. The molecule has 0 aromatic carbocycles. The first-order chi connectivity index (χ1) is 5.66. The van der Waals surface area contributed by atoms with E-state index in [2.05, 4.69) is 0 Å². The van der Waals surface area contributed by atoms with Crippen molar-refractivity contribution in [2.24, 2.45) is 11.8 Å². The summed E-state index contributed by atoms with van der Waals surface area (Å²) in [6.07, 6.45) is 3.83. The Morgan fingerprint density at radius 2 is 2.00 bits per heavy atom. The third-order valence-corrected chi connectivity index (χ3v) is 2.75. The first-order valence-electron chi connectivity index (χ1n) is 4.71. The summed E-state index contributed by atoms with van der Waals surface area (Å²) < 4.78 is 0. The molecule has 0 aromatic rings. The zero-order chi connectivity index (χ0) is 9.14. The molecule has 0 saturated heterocycles. The molecule has 0 aromatic heterocycles. The molecule has 1 atom stereocenters. The van der Waals surface area contributed by atoms with Crippen molar-refractivity contribution >= 4 is 11.6 Å². The second kappa shape index (κ2) is 3.83. The predicted molar refractivity (Wildman–Crippen MR) is 46.8 cm³/mol. The highest BCUT2D eigenvalue weighted by atomic mass is 16.1. The molecule has 0 radical (unpaired) electrons. The van der Waals surface area contributed by atoms with Crippen LogP contribution in [0.5, 0.6) is 0 Å². The lowest BCUT2D eigenvalue weighted by Crippen LogP contribution is -2.31. The molecule has 0 N–H and O–H groups in total. The van der Waals surface area contributed by atoms with Crippen molar-refractivity contribution in [3.05, 3.63) is 0 Å². The Hall–Kier alpha value is -0.660. The molecule has 0 spiro atoms. The summed E-state index contributed by atoms with van der Waals surface area (Å²) in [6.45, 7) is 3.42. The number of hydrogen-bond acceptors (Lipinski definition) is 2. The number of rotatable bonds is 4. The van der Waals surface area contributed by atoms with E-state index in [0.29, 0.717) is 6.42 Å². The van der Waals surface area contributed by atoms with Crippen molar-refractivity contribution in [1.29, 1.82) is 0 Å². The lowest BCUT2D eigenvalue weighted by atomic mass is 9.76. The molecule has 1 rings (SSSR count). The van der Waals surface area contributed by atoms with Gasteiger partial charge in [0, 0.05) is 5.92 Å². The second-order valence-electron chi connectivity index (χ2n) is 3.60. The summed E-state index contributed by atoms with van der Waals surface area (Å²) in [5.74, 6) is 0.125. The lowest BCUT2D eigenvalue weighted by molar-refractivity contribution is -0.136. The van der Waals surface area contributed by atoms with Crippen LogP contribution in [0.2, 0.25) is 0 Å². The van der Waals surface area contributed by atoms with Gasteiger partial charge in [0.1, 0.15) is 11.6 Å². The molecule has 0 bridgehead atoms. The largest absolute Gasteiger partial charge is 0.299 e. The fraction of sp³-hybridized carbons (Fsp3) is 0.800. The van der Waals surface area contributed by atoms with Crippen LogP contribution in [0, 0.1) is 11.8 Å². The number of carbonyl (C=O) groups is 2. The van der Waals surface area contributed by atoms with Crippen LogP contribution in [0.3, 0.4) is 0 Å². The van der Waals surface area contributed by atoms with Crippen LogP contribution in [0.1, 0.15) is 39.5 Å². The summed E-state index contributed by atoms with van der Waals surface area (Å²) in [5.41, 5.74) is 0. The Morgan fingerprint density at radius 3 is 2.25 bits per heavy atom. The smallest absolute Gasteiger partial charge is 0.146 e. The van der Waals surface area contributed by atoms with Gasteiger partial charge in [-0.25, -0.2) is 0 Å². The van der Waals surface area contributed by atoms with Crippen LogP contribution in [0.15, 0.2) is 0 Å². The summed E-state index contributed by atoms with van der Waals surface area (Å²) in [6, 6.07) is 0. The van der Waals surface area contributed by atoms with Crippen molar-refractivity contribution in [3.63, 3.8) is 0 Å². The molecule has 1 unspecified atom stereocenters. The standard InChI is InChI=1S/C10H16O2/c1-3-9(7(2)11)10(12)8-5-4-6-8/h8-9H,3-6H2,1-2H3. The molecule has 0 aliphatic heterocycles. The average molecular weight is 168 g/mol. The fourth-order valence-corrected chi connectivity index (χ4v) is 1.67. The van der Waals surface area contributed by atoms with Gasteiger partial charge in [0.05, 0.1) is 5.92 Å². The van der Waals surface area contributed by atoms with Crippen LogP contribution < -0.4 is 0 Å². The number of Topliss-reactive ketones (excluding diaryl/α,β-unsaturated/α-hetero) is 2. The summed E-state index contributed by atoms with van der Waals surface area (Å²) in [7, 11) is 0. The van der Waals surface area contributed by atoms with Crippen LogP contribution >= 0.6 is 0 Å². The Kier molecular flexibility index (Phi) is 3.01. The molecule has 2 heteroatoms. The molecule has 1 aliphatic rings. The Morgan fingerprint density at radius 1 is 1.42 bits per heavy atom. The fourth-order valence-electron chi connectivity index (χ4n) is 1.67. The minimum absolute atomic E-state index is 0.0365. The molecule has 0 amide bonds. The second-order valence-corrected chi connectivity index (χ2v) is 3.60. The van der Waals surface area contributed by atoms with Gasteiger partial charge in [0.25, 0.3) is 0 Å². The lowest BCUT2D eigenvalue weighted by Gasteiger charge is -2.26. The third-order valence-electron chi connectivity index (χ3n) is 2.75. The van der Waals surface area contributed by atoms with E-state index in [9.17, 15) is 9.59 Å². The van der Waals surface area contributed by atoms with Crippen molar-refractivity contribution in [2.45, 2.75) is 39.5 Å². The maximum Gasteiger partial charge on any atom is 0.146 e. The normalized spacial score (nSPS) is 19.8. The first-order valence-corrected chi connectivity index (χ1v) is 4.71. The van der Waals surface area contributed by atoms with Crippen LogP contribution in [-0.4, -0.2) is 11.6 Å². The molecule has 2 nitrogen and oxygen atoms in total. The van der Waals surface area contributed by atoms with Gasteiger partial charge < -0.3 is 0 Å². The van der Waals surface area contributed by atoms with Gasteiger partial charge in [-0.15, -0.1) is 0 Å². The minimum Gasteiger partial charge on any atom is -0.299 e. The number of hydrogen-bond donors (Lipinski definition) is 0. The monoisotopic (exact) mass is 168 g/mol. The molecule has 1 aliphatic carbocycles. The van der Waals surface area contributed by atoms with E-state index in [1.807, 2.05) is 6.92 Å². The highest BCUT2D eigenvalue weighted by Crippen LogP contribution is 2.30. The zero-order valence-electron chi connectivity index (χ0n) is 7.80. The third kappa shape index (κ3) is 1.74. The van der Waals surface area contributed by atoms with Gasteiger partial charge in [0.15, 0.2) is 0 Å². The number of ketones is 2. The SMILES string of the molecule is CCC(C(C)=O)C(=O)C1CCC1.